The van der Waals surface area contributed by atoms with Crippen LogP contribution in [0.5, 0.6) is 17.2 Å². The van der Waals surface area contributed by atoms with Gasteiger partial charge in [-0.25, -0.2) is 4.79 Å². The molecule has 2 N–H and O–H groups in total. The largest absolute Gasteiger partial charge is 0.492 e. The average Bonchev–Trinajstić information content (AvgIpc) is 3.38. The van der Waals surface area contributed by atoms with Crippen molar-refractivity contribution in [3.63, 3.8) is 0 Å². The molecule has 3 aromatic carbocycles. The number of esters is 1. The van der Waals surface area contributed by atoms with Gasteiger partial charge in [0.2, 0.25) is 5.91 Å². The lowest BCUT2D eigenvalue weighted by molar-refractivity contribution is -0.115. The van der Waals surface area contributed by atoms with Gasteiger partial charge in [-0.1, -0.05) is 24.3 Å². The van der Waals surface area contributed by atoms with E-state index < -0.39 is 5.97 Å². The summed E-state index contributed by atoms with van der Waals surface area (Å²) in [7, 11) is 1.31. The monoisotopic (exact) mass is 460 g/mol. The van der Waals surface area contributed by atoms with Crippen molar-refractivity contribution < 1.29 is 23.8 Å². The Morgan fingerprint density at radius 1 is 0.941 bits per heavy atom. The fourth-order valence-corrected chi connectivity index (χ4v) is 3.77. The van der Waals surface area contributed by atoms with Crippen molar-refractivity contribution >= 4 is 17.6 Å². The summed E-state index contributed by atoms with van der Waals surface area (Å²) in [6.07, 6.45) is 2.52. The highest BCUT2D eigenvalue weighted by atomic mass is 16.5. The summed E-state index contributed by atoms with van der Waals surface area (Å²) >= 11 is 0. The van der Waals surface area contributed by atoms with E-state index in [1.807, 2.05) is 48.5 Å². The number of methoxy groups -OCH3 is 1. The minimum Gasteiger partial charge on any atom is -0.492 e. The molecule has 176 valence electrons. The predicted octanol–water partition coefficient (Wildman–Crippen LogP) is 4.58. The number of carbonyl (C=O) groups excluding carboxylic acids is 2. The summed E-state index contributed by atoms with van der Waals surface area (Å²) in [5.41, 5.74) is 1.56. The molecule has 7 nitrogen and oxygen atoms in total. The minimum atomic E-state index is -0.497. The summed E-state index contributed by atoms with van der Waals surface area (Å²) < 4.78 is 16.5. The molecule has 3 aromatic rings. The van der Waals surface area contributed by atoms with E-state index in [9.17, 15) is 9.59 Å². The van der Waals surface area contributed by atoms with Crippen LogP contribution >= 0.6 is 0 Å². The second-order valence-corrected chi connectivity index (χ2v) is 8.08. The van der Waals surface area contributed by atoms with Gasteiger partial charge in [0.15, 0.2) is 0 Å². The first-order valence-corrected chi connectivity index (χ1v) is 11.3. The third-order valence-corrected chi connectivity index (χ3v) is 5.57. The quantitative estimate of drug-likeness (QED) is 0.455. The fraction of sp³-hybridized carbons (Fsp3) is 0.259. The standard InChI is InChI=1S/C27H28N2O5/c1-32-27(31)24-6-2-3-7-25(24)29-26(30)17-19-8-10-22(11-9-19)34-23-14-12-21(13-15-23)33-18-20-5-4-16-28-20/h2-3,6-15,20,28H,4-5,16-18H2,1H3,(H,29,30)/t20-/m1/s1. The zero-order valence-corrected chi connectivity index (χ0v) is 19.1. The lowest BCUT2D eigenvalue weighted by Gasteiger charge is -2.13. The van der Waals surface area contributed by atoms with Gasteiger partial charge in [-0.3, -0.25) is 4.79 Å². The average molecular weight is 461 g/mol. The third-order valence-electron chi connectivity index (χ3n) is 5.57. The van der Waals surface area contributed by atoms with Crippen LogP contribution in [0.15, 0.2) is 72.8 Å². The summed E-state index contributed by atoms with van der Waals surface area (Å²) in [6.45, 7) is 1.73. The molecule has 1 fully saturated rings. The molecule has 1 aliphatic rings. The topological polar surface area (TPSA) is 85.9 Å². The van der Waals surface area contributed by atoms with Gasteiger partial charge in [-0.15, -0.1) is 0 Å². The zero-order valence-electron chi connectivity index (χ0n) is 19.1. The molecule has 1 aliphatic heterocycles. The molecule has 1 heterocycles. The van der Waals surface area contributed by atoms with Crippen molar-refractivity contribution in [2.45, 2.75) is 25.3 Å². The number of hydrogen-bond donors (Lipinski definition) is 2. The van der Waals surface area contributed by atoms with E-state index in [2.05, 4.69) is 10.6 Å². The van der Waals surface area contributed by atoms with Crippen LogP contribution in [0, 0.1) is 0 Å². The van der Waals surface area contributed by atoms with Gasteiger partial charge in [-0.2, -0.15) is 0 Å². The van der Waals surface area contributed by atoms with Gasteiger partial charge in [0.25, 0.3) is 0 Å². The Morgan fingerprint density at radius 2 is 1.62 bits per heavy atom. The van der Waals surface area contributed by atoms with Crippen molar-refractivity contribution in [3.8, 4) is 17.2 Å². The smallest absolute Gasteiger partial charge is 0.339 e. The molecule has 0 radical (unpaired) electrons. The van der Waals surface area contributed by atoms with E-state index in [1.54, 1.807) is 24.3 Å². The van der Waals surface area contributed by atoms with Crippen LogP contribution in [0.1, 0.15) is 28.8 Å². The highest BCUT2D eigenvalue weighted by Crippen LogP contribution is 2.25. The number of para-hydroxylation sites is 1. The molecule has 0 aliphatic carbocycles. The van der Waals surface area contributed by atoms with Crippen molar-refractivity contribution in [2.24, 2.45) is 0 Å². The normalized spacial score (nSPS) is 14.9. The van der Waals surface area contributed by atoms with Gasteiger partial charge in [-0.05, 0) is 73.5 Å². The molecule has 0 unspecified atom stereocenters. The van der Waals surface area contributed by atoms with Crippen molar-refractivity contribution in [3.05, 3.63) is 83.9 Å². The van der Waals surface area contributed by atoms with E-state index in [4.69, 9.17) is 14.2 Å². The number of nitrogens with one attached hydrogen (secondary N) is 2. The molecule has 1 atom stereocenters. The predicted molar refractivity (Wildman–Crippen MR) is 130 cm³/mol. The van der Waals surface area contributed by atoms with Crippen LogP contribution in [0.4, 0.5) is 5.69 Å². The van der Waals surface area contributed by atoms with Crippen molar-refractivity contribution in [2.75, 3.05) is 25.6 Å². The lowest BCUT2D eigenvalue weighted by Crippen LogP contribution is -2.28. The number of amides is 1. The van der Waals surface area contributed by atoms with E-state index in [0.717, 1.165) is 24.3 Å². The van der Waals surface area contributed by atoms with E-state index in [-0.39, 0.29) is 12.3 Å². The molecule has 0 spiro atoms. The summed E-state index contributed by atoms with van der Waals surface area (Å²) in [5.74, 6) is 1.47. The molecule has 7 heteroatoms. The van der Waals surface area contributed by atoms with Crippen LogP contribution in [-0.2, 0) is 16.0 Å². The van der Waals surface area contributed by atoms with Crippen LogP contribution in [0.25, 0.3) is 0 Å². The summed E-state index contributed by atoms with van der Waals surface area (Å²) in [5, 5.41) is 6.19. The first-order chi connectivity index (χ1) is 16.6. The molecule has 1 saturated heterocycles. The van der Waals surface area contributed by atoms with E-state index in [0.29, 0.717) is 35.4 Å². The second kappa shape index (κ2) is 11.3. The minimum absolute atomic E-state index is 0.164. The molecular weight excluding hydrogens is 432 g/mol. The first kappa shape index (κ1) is 23.3. The molecule has 1 amide bonds. The number of anilines is 1. The second-order valence-electron chi connectivity index (χ2n) is 8.08. The SMILES string of the molecule is COC(=O)c1ccccc1NC(=O)Cc1ccc(Oc2ccc(OC[C@H]3CCCN3)cc2)cc1. The maximum atomic E-state index is 12.5. The Hall–Kier alpha value is -3.84. The summed E-state index contributed by atoms with van der Waals surface area (Å²) in [6, 6.07) is 22.0. The third kappa shape index (κ3) is 6.36. The summed E-state index contributed by atoms with van der Waals surface area (Å²) in [4.78, 5) is 24.4. The van der Waals surface area contributed by atoms with Gasteiger partial charge in [0.1, 0.15) is 23.9 Å². The van der Waals surface area contributed by atoms with Crippen LogP contribution in [-0.4, -0.2) is 38.2 Å². The molecule has 0 saturated carbocycles. The number of benzene rings is 3. The molecular formula is C27H28N2O5. The Morgan fingerprint density at radius 3 is 2.29 bits per heavy atom. The first-order valence-electron chi connectivity index (χ1n) is 11.3. The molecule has 34 heavy (non-hydrogen) atoms. The Bertz CT molecular complexity index is 1110. The molecule has 0 aromatic heterocycles. The van der Waals surface area contributed by atoms with Crippen LogP contribution < -0.4 is 20.1 Å². The van der Waals surface area contributed by atoms with Gasteiger partial charge >= 0.3 is 5.97 Å². The van der Waals surface area contributed by atoms with Gasteiger partial charge in [0.05, 0.1) is 24.8 Å². The van der Waals surface area contributed by atoms with Gasteiger partial charge < -0.3 is 24.8 Å². The van der Waals surface area contributed by atoms with E-state index in [1.165, 1.54) is 13.5 Å². The maximum absolute atomic E-state index is 12.5. The number of ether oxygens (including phenoxy) is 3. The Kier molecular flexibility index (Phi) is 7.78. The Balaban J connectivity index is 1.28. The highest BCUT2D eigenvalue weighted by molar-refractivity contribution is 6.01. The van der Waals surface area contributed by atoms with Crippen LogP contribution in [0.3, 0.4) is 0 Å². The fourth-order valence-electron chi connectivity index (χ4n) is 3.77. The van der Waals surface area contributed by atoms with Crippen molar-refractivity contribution in [1.82, 2.24) is 5.32 Å². The van der Waals surface area contributed by atoms with Gasteiger partial charge in [0, 0.05) is 6.04 Å². The number of carbonyl (C=O) groups is 2. The Labute approximate surface area is 199 Å². The zero-order chi connectivity index (χ0) is 23.8. The maximum Gasteiger partial charge on any atom is 0.339 e. The molecule has 0 bridgehead atoms. The number of hydrogen-bond acceptors (Lipinski definition) is 6. The molecule has 4 rings (SSSR count). The van der Waals surface area contributed by atoms with E-state index >= 15 is 0 Å². The number of rotatable bonds is 9. The van der Waals surface area contributed by atoms with Crippen molar-refractivity contribution in [1.29, 1.82) is 0 Å². The highest BCUT2D eigenvalue weighted by Gasteiger charge is 2.15. The van der Waals surface area contributed by atoms with Crippen LogP contribution in [0.2, 0.25) is 0 Å². The lowest BCUT2D eigenvalue weighted by atomic mass is 10.1.